The van der Waals surface area contributed by atoms with Gasteiger partial charge in [-0.1, -0.05) is 6.07 Å². The number of benzene rings is 1. The van der Waals surface area contributed by atoms with Crippen molar-refractivity contribution in [3.05, 3.63) is 29.6 Å². The smallest absolute Gasteiger partial charge is 0.165 e. The molecule has 0 radical (unpaired) electrons. The molecule has 6 heteroatoms. The molecule has 0 amide bonds. The van der Waals surface area contributed by atoms with Crippen molar-refractivity contribution < 1.29 is 17.5 Å². The highest BCUT2D eigenvalue weighted by Crippen LogP contribution is 2.22. The lowest BCUT2D eigenvalue weighted by Gasteiger charge is -2.19. The van der Waals surface area contributed by atoms with Crippen LogP contribution in [0.5, 0.6) is 5.75 Å². The Labute approximate surface area is 120 Å². The highest BCUT2D eigenvalue weighted by Gasteiger charge is 2.28. The molecule has 1 aromatic rings. The van der Waals surface area contributed by atoms with Gasteiger partial charge < -0.3 is 10.5 Å². The first-order valence-electron chi connectivity index (χ1n) is 6.45. The zero-order valence-corrected chi connectivity index (χ0v) is 13.1. The van der Waals surface area contributed by atoms with Gasteiger partial charge in [0.1, 0.15) is 6.61 Å². The van der Waals surface area contributed by atoms with E-state index in [-0.39, 0.29) is 24.2 Å². The van der Waals surface area contributed by atoms with Gasteiger partial charge in [-0.05, 0) is 45.4 Å². The summed E-state index contributed by atoms with van der Waals surface area (Å²) in [6.07, 6.45) is 0. The summed E-state index contributed by atoms with van der Waals surface area (Å²) in [5.74, 6) is -0.642. The second-order valence-corrected chi connectivity index (χ2v) is 8.62. The van der Waals surface area contributed by atoms with Gasteiger partial charge in [0.05, 0.1) is 10.5 Å². The van der Waals surface area contributed by atoms with Crippen LogP contribution in [0.1, 0.15) is 39.3 Å². The molecule has 0 unspecified atom stereocenters. The van der Waals surface area contributed by atoms with Crippen LogP contribution in [0, 0.1) is 5.82 Å². The van der Waals surface area contributed by atoms with Crippen LogP contribution >= 0.6 is 0 Å². The summed E-state index contributed by atoms with van der Waals surface area (Å²) in [6.45, 7) is 6.56. The molecule has 114 valence electrons. The normalized spacial score (nSPS) is 14.1. The molecule has 0 heterocycles. The van der Waals surface area contributed by atoms with Gasteiger partial charge >= 0.3 is 0 Å². The highest BCUT2D eigenvalue weighted by atomic mass is 32.2. The number of hydrogen-bond donors (Lipinski definition) is 1. The predicted molar refractivity (Wildman–Crippen MR) is 78.0 cm³/mol. The Morgan fingerprint density at radius 1 is 1.35 bits per heavy atom. The lowest BCUT2D eigenvalue weighted by atomic mass is 10.1. The van der Waals surface area contributed by atoms with Crippen LogP contribution in [-0.2, 0) is 9.84 Å². The van der Waals surface area contributed by atoms with Crippen molar-refractivity contribution in [3.63, 3.8) is 0 Å². The van der Waals surface area contributed by atoms with Crippen LogP contribution in [-0.4, -0.2) is 25.5 Å². The number of sulfone groups is 1. The summed E-state index contributed by atoms with van der Waals surface area (Å²) >= 11 is 0. The molecule has 0 aliphatic rings. The Kier molecular flexibility index (Phi) is 5.15. The molecule has 0 aromatic heterocycles. The summed E-state index contributed by atoms with van der Waals surface area (Å²) in [7, 11) is -3.27. The third-order valence-corrected chi connectivity index (χ3v) is 5.59. The lowest BCUT2D eigenvalue weighted by molar-refractivity contribution is 0.321. The van der Waals surface area contributed by atoms with Gasteiger partial charge in [-0.2, -0.15) is 0 Å². The second kappa shape index (κ2) is 6.10. The van der Waals surface area contributed by atoms with E-state index < -0.39 is 20.4 Å². The maximum Gasteiger partial charge on any atom is 0.165 e. The quantitative estimate of drug-likeness (QED) is 0.907. The average molecular weight is 303 g/mol. The highest BCUT2D eigenvalue weighted by molar-refractivity contribution is 7.92. The van der Waals surface area contributed by atoms with E-state index >= 15 is 0 Å². The first-order chi connectivity index (χ1) is 9.04. The standard InChI is InChI=1S/C14H22FNO3S/c1-10(16)11-5-6-13(12(15)9-11)19-7-8-20(17,18)14(2,3)4/h5-6,9-10H,7-8,16H2,1-4H3/t10-/m0/s1. The van der Waals surface area contributed by atoms with Gasteiger partial charge in [0.25, 0.3) is 0 Å². The summed E-state index contributed by atoms with van der Waals surface area (Å²) in [4.78, 5) is 0. The molecule has 4 nitrogen and oxygen atoms in total. The van der Waals surface area contributed by atoms with Crippen LogP contribution in [0.4, 0.5) is 4.39 Å². The predicted octanol–water partition coefficient (Wildman–Crippen LogP) is 2.44. The van der Waals surface area contributed by atoms with Crippen LogP contribution in [0.3, 0.4) is 0 Å². The van der Waals surface area contributed by atoms with Crippen molar-refractivity contribution in [2.45, 2.75) is 38.5 Å². The number of hydrogen-bond acceptors (Lipinski definition) is 4. The molecule has 1 aromatic carbocycles. The van der Waals surface area contributed by atoms with Crippen molar-refractivity contribution in [3.8, 4) is 5.75 Å². The Balaban J connectivity index is 2.68. The molecule has 0 spiro atoms. The molecule has 2 N–H and O–H groups in total. The maximum atomic E-state index is 13.7. The van der Waals surface area contributed by atoms with E-state index in [0.29, 0.717) is 5.56 Å². The SMILES string of the molecule is C[C@H](N)c1ccc(OCCS(=O)(=O)C(C)(C)C)c(F)c1. The van der Waals surface area contributed by atoms with Crippen LogP contribution in [0.15, 0.2) is 18.2 Å². The minimum Gasteiger partial charge on any atom is -0.489 e. The molecule has 1 rings (SSSR count). The van der Waals surface area contributed by atoms with Crippen LogP contribution in [0.25, 0.3) is 0 Å². The molecule has 0 bridgehead atoms. The summed E-state index contributed by atoms with van der Waals surface area (Å²) in [5, 5.41) is 0. The largest absolute Gasteiger partial charge is 0.489 e. The fourth-order valence-electron chi connectivity index (χ4n) is 1.48. The Morgan fingerprint density at radius 2 is 1.95 bits per heavy atom. The third-order valence-electron chi connectivity index (χ3n) is 3.02. The monoisotopic (exact) mass is 303 g/mol. The number of ether oxygens (including phenoxy) is 1. The summed E-state index contributed by atoms with van der Waals surface area (Å²) in [5.41, 5.74) is 6.31. The van der Waals surface area contributed by atoms with Crippen molar-refractivity contribution in [2.24, 2.45) is 5.73 Å². The van der Waals surface area contributed by atoms with Crippen molar-refractivity contribution >= 4 is 9.84 Å². The maximum absolute atomic E-state index is 13.7. The molecule has 20 heavy (non-hydrogen) atoms. The zero-order valence-electron chi connectivity index (χ0n) is 12.3. The Hall–Kier alpha value is -1.14. The van der Waals surface area contributed by atoms with Crippen molar-refractivity contribution in [1.82, 2.24) is 0 Å². The second-order valence-electron chi connectivity index (χ2n) is 5.76. The first kappa shape index (κ1) is 16.9. The molecule has 0 aliphatic carbocycles. The first-order valence-corrected chi connectivity index (χ1v) is 8.10. The van der Waals surface area contributed by atoms with E-state index in [4.69, 9.17) is 10.5 Å². The molecular formula is C14H22FNO3S. The Bertz CT molecular complexity index is 562. The van der Waals surface area contributed by atoms with Crippen molar-refractivity contribution in [2.75, 3.05) is 12.4 Å². The summed E-state index contributed by atoms with van der Waals surface area (Å²) < 4.78 is 41.9. The number of rotatable bonds is 5. The fraction of sp³-hybridized carbons (Fsp3) is 0.571. The van der Waals surface area contributed by atoms with Gasteiger partial charge in [-0.25, -0.2) is 12.8 Å². The molecule has 0 saturated carbocycles. The van der Waals surface area contributed by atoms with Crippen LogP contribution in [0.2, 0.25) is 0 Å². The number of halogens is 1. The van der Waals surface area contributed by atoms with Crippen molar-refractivity contribution in [1.29, 1.82) is 0 Å². The number of nitrogens with two attached hydrogens (primary N) is 1. The molecule has 0 aliphatic heterocycles. The molecule has 1 atom stereocenters. The minimum atomic E-state index is -3.27. The average Bonchev–Trinajstić information content (AvgIpc) is 2.29. The minimum absolute atomic E-state index is 0.0403. The van der Waals surface area contributed by atoms with Gasteiger partial charge in [0.15, 0.2) is 21.4 Å². The third kappa shape index (κ3) is 4.18. The summed E-state index contributed by atoms with van der Waals surface area (Å²) in [6, 6.07) is 4.18. The molecule has 0 fully saturated rings. The molecular weight excluding hydrogens is 281 g/mol. The van der Waals surface area contributed by atoms with E-state index in [1.807, 2.05) is 0 Å². The fourth-order valence-corrected chi connectivity index (χ4v) is 2.40. The zero-order chi connectivity index (χ0) is 15.6. The van der Waals surface area contributed by atoms with E-state index in [2.05, 4.69) is 0 Å². The van der Waals surface area contributed by atoms with Gasteiger partial charge in [-0.3, -0.25) is 0 Å². The Morgan fingerprint density at radius 3 is 2.40 bits per heavy atom. The van der Waals surface area contributed by atoms with Gasteiger partial charge in [0, 0.05) is 6.04 Å². The van der Waals surface area contributed by atoms with E-state index in [0.717, 1.165) is 0 Å². The van der Waals surface area contributed by atoms with E-state index in [1.54, 1.807) is 33.8 Å². The van der Waals surface area contributed by atoms with Gasteiger partial charge in [0.2, 0.25) is 0 Å². The van der Waals surface area contributed by atoms with Gasteiger partial charge in [-0.15, -0.1) is 0 Å². The van der Waals surface area contributed by atoms with E-state index in [9.17, 15) is 12.8 Å². The molecule has 0 saturated heterocycles. The van der Waals surface area contributed by atoms with Crippen LogP contribution < -0.4 is 10.5 Å². The van der Waals surface area contributed by atoms with E-state index in [1.165, 1.54) is 12.1 Å². The topological polar surface area (TPSA) is 69.4 Å². The lowest BCUT2D eigenvalue weighted by Crippen LogP contribution is -2.32.